The Labute approximate surface area is 110 Å². The highest BCUT2D eigenvalue weighted by atomic mass is 16.1. The number of likely N-dealkylation sites (tertiary alicyclic amines) is 1. The third kappa shape index (κ3) is 3.67. The summed E-state index contributed by atoms with van der Waals surface area (Å²) in [6, 6.07) is 8.78. The second kappa shape index (κ2) is 6.69. The van der Waals surface area contributed by atoms with Crippen molar-refractivity contribution in [1.29, 1.82) is 0 Å². The number of benzene rings is 1. The molecule has 1 atom stereocenters. The molecule has 1 heterocycles. The molecular formula is C16H23NO. The summed E-state index contributed by atoms with van der Waals surface area (Å²) in [5.41, 5.74) is 2.66. The molecule has 1 fully saturated rings. The van der Waals surface area contributed by atoms with Crippen LogP contribution in [0.5, 0.6) is 0 Å². The minimum Gasteiger partial charge on any atom is -0.303 e. The van der Waals surface area contributed by atoms with Crippen molar-refractivity contribution < 1.29 is 4.79 Å². The van der Waals surface area contributed by atoms with Crippen molar-refractivity contribution >= 4 is 6.29 Å². The summed E-state index contributed by atoms with van der Waals surface area (Å²) in [6.45, 7) is 5.66. The first kappa shape index (κ1) is 13.3. The minimum absolute atomic E-state index is 0.339. The molecule has 1 aromatic carbocycles. The SMILES string of the molecule is CC(CC=O)c1ccc(CN2CCCCC2)cc1. The molecule has 2 heteroatoms. The topological polar surface area (TPSA) is 20.3 Å². The van der Waals surface area contributed by atoms with Gasteiger partial charge in [0.2, 0.25) is 0 Å². The van der Waals surface area contributed by atoms with Crippen LogP contribution in [-0.4, -0.2) is 24.3 Å². The van der Waals surface area contributed by atoms with Gasteiger partial charge < -0.3 is 4.79 Å². The molecule has 1 unspecified atom stereocenters. The van der Waals surface area contributed by atoms with E-state index in [2.05, 4.69) is 36.1 Å². The third-order valence-electron chi connectivity index (χ3n) is 3.85. The fourth-order valence-electron chi connectivity index (χ4n) is 2.61. The van der Waals surface area contributed by atoms with Crippen LogP contribution in [0.4, 0.5) is 0 Å². The quantitative estimate of drug-likeness (QED) is 0.741. The van der Waals surface area contributed by atoms with Gasteiger partial charge in [-0.15, -0.1) is 0 Å². The van der Waals surface area contributed by atoms with Gasteiger partial charge >= 0.3 is 0 Å². The number of nitrogens with zero attached hydrogens (tertiary/aromatic N) is 1. The van der Waals surface area contributed by atoms with E-state index in [9.17, 15) is 4.79 Å². The molecule has 1 aliphatic heterocycles. The van der Waals surface area contributed by atoms with Gasteiger partial charge in [0.05, 0.1) is 0 Å². The summed E-state index contributed by atoms with van der Waals surface area (Å²) >= 11 is 0. The van der Waals surface area contributed by atoms with E-state index in [0.717, 1.165) is 12.8 Å². The lowest BCUT2D eigenvalue weighted by Crippen LogP contribution is -2.29. The van der Waals surface area contributed by atoms with Crippen molar-refractivity contribution in [2.45, 2.75) is 45.1 Å². The van der Waals surface area contributed by atoms with E-state index in [0.29, 0.717) is 12.3 Å². The molecule has 1 aromatic rings. The summed E-state index contributed by atoms with van der Waals surface area (Å²) in [4.78, 5) is 13.0. The molecule has 0 amide bonds. The molecule has 0 radical (unpaired) electrons. The lowest BCUT2D eigenvalue weighted by atomic mass is 9.97. The fraction of sp³-hybridized carbons (Fsp3) is 0.562. The molecule has 2 rings (SSSR count). The highest BCUT2D eigenvalue weighted by molar-refractivity contribution is 5.51. The Morgan fingerprint density at radius 3 is 2.44 bits per heavy atom. The van der Waals surface area contributed by atoms with Gasteiger partial charge in [0.15, 0.2) is 0 Å². The van der Waals surface area contributed by atoms with Gasteiger partial charge in [0.25, 0.3) is 0 Å². The van der Waals surface area contributed by atoms with Gasteiger partial charge in [-0.1, -0.05) is 37.6 Å². The van der Waals surface area contributed by atoms with Crippen LogP contribution in [0.25, 0.3) is 0 Å². The Hall–Kier alpha value is -1.15. The highest BCUT2D eigenvalue weighted by Gasteiger charge is 2.10. The second-order valence-corrected chi connectivity index (χ2v) is 5.38. The second-order valence-electron chi connectivity index (χ2n) is 5.38. The number of hydrogen-bond donors (Lipinski definition) is 0. The first-order valence-electron chi connectivity index (χ1n) is 7.04. The Morgan fingerprint density at radius 2 is 1.83 bits per heavy atom. The minimum atomic E-state index is 0.339. The number of carbonyl (C=O) groups excluding carboxylic acids is 1. The predicted molar refractivity (Wildman–Crippen MR) is 74.7 cm³/mol. The molecule has 0 N–H and O–H groups in total. The monoisotopic (exact) mass is 245 g/mol. The zero-order chi connectivity index (χ0) is 12.8. The van der Waals surface area contributed by atoms with Crippen molar-refractivity contribution in [2.75, 3.05) is 13.1 Å². The summed E-state index contributed by atoms with van der Waals surface area (Å²) in [5.74, 6) is 0.339. The molecule has 2 nitrogen and oxygen atoms in total. The molecule has 98 valence electrons. The maximum atomic E-state index is 10.5. The fourth-order valence-corrected chi connectivity index (χ4v) is 2.61. The number of piperidine rings is 1. The van der Waals surface area contributed by atoms with Crippen molar-refractivity contribution in [1.82, 2.24) is 4.90 Å². The van der Waals surface area contributed by atoms with Gasteiger partial charge in [-0.05, 0) is 43.0 Å². The third-order valence-corrected chi connectivity index (χ3v) is 3.85. The van der Waals surface area contributed by atoms with Crippen LogP contribution < -0.4 is 0 Å². The molecule has 1 saturated heterocycles. The van der Waals surface area contributed by atoms with Crippen molar-refractivity contribution in [3.63, 3.8) is 0 Å². The molecule has 0 aliphatic carbocycles. The van der Waals surface area contributed by atoms with E-state index in [1.807, 2.05) is 0 Å². The highest BCUT2D eigenvalue weighted by Crippen LogP contribution is 2.19. The van der Waals surface area contributed by atoms with Gasteiger partial charge in [-0.3, -0.25) is 4.90 Å². The van der Waals surface area contributed by atoms with Crippen molar-refractivity contribution in [3.8, 4) is 0 Å². The van der Waals surface area contributed by atoms with Gasteiger partial charge in [-0.2, -0.15) is 0 Å². The molecule has 0 saturated carbocycles. The summed E-state index contributed by atoms with van der Waals surface area (Å²) < 4.78 is 0. The normalized spacial score (nSPS) is 18.5. The van der Waals surface area contributed by atoms with E-state index in [-0.39, 0.29) is 0 Å². The number of rotatable bonds is 5. The summed E-state index contributed by atoms with van der Waals surface area (Å²) in [7, 11) is 0. The number of carbonyl (C=O) groups is 1. The van der Waals surface area contributed by atoms with Crippen LogP contribution in [-0.2, 0) is 11.3 Å². The van der Waals surface area contributed by atoms with E-state index < -0.39 is 0 Å². The van der Waals surface area contributed by atoms with E-state index in [1.165, 1.54) is 43.5 Å². The van der Waals surface area contributed by atoms with Crippen LogP contribution >= 0.6 is 0 Å². The van der Waals surface area contributed by atoms with Crippen LogP contribution in [0.15, 0.2) is 24.3 Å². The zero-order valence-corrected chi connectivity index (χ0v) is 11.3. The standard InChI is InChI=1S/C16H23NO/c1-14(9-12-18)16-7-5-15(6-8-16)13-17-10-3-2-4-11-17/h5-8,12,14H,2-4,9-11,13H2,1H3. The van der Waals surface area contributed by atoms with Gasteiger partial charge in [0.1, 0.15) is 6.29 Å². The Kier molecular flexibility index (Phi) is 4.94. The average Bonchev–Trinajstić information content (AvgIpc) is 2.41. The van der Waals surface area contributed by atoms with Crippen LogP contribution in [0.1, 0.15) is 49.7 Å². The molecule has 0 spiro atoms. The molecule has 18 heavy (non-hydrogen) atoms. The lowest BCUT2D eigenvalue weighted by Gasteiger charge is -2.26. The molecule has 1 aliphatic rings. The van der Waals surface area contributed by atoms with E-state index in [1.54, 1.807) is 0 Å². The van der Waals surface area contributed by atoms with Crippen LogP contribution in [0.2, 0.25) is 0 Å². The predicted octanol–water partition coefficient (Wildman–Crippen LogP) is 3.37. The molecule has 0 bridgehead atoms. The van der Waals surface area contributed by atoms with Crippen LogP contribution in [0.3, 0.4) is 0 Å². The Bertz CT molecular complexity index is 365. The van der Waals surface area contributed by atoms with Gasteiger partial charge in [-0.25, -0.2) is 0 Å². The van der Waals surface area contributed by atoms with E-state index >= 15 is 0 Å². The molecule has 0 aromatic heterocycles. The Morgan fingerprint density at radius 1 is 1.17 bits per heavy atom. The maximum Gasteiger partial charge on any atom is 0.120 e. The van der Waals surface area contributed by atoms with Crippen molar-refractivity contribution in [2.24, 2.45) is 0 Å². The van der Waals surface area contributed by atoms with Crippen molar-refractivity contribution in [3.05, 3.63) is 35.4 Å². The maximum absolute atomic E-state index is 10.5. The smallest absolute Gasteiger partial charge is 0.120 e. The number of aldehydes is 1. The summed E-state index contributed by atoms with van der Waals surface area (Å²) in [6.07, 6.45) is 5.69. The first-order chi connectivity index (χ1) is 8.79. The summed E-state index contributed by atoms with van der Waals surface area (Å²) in [5, 5.41) is 0. The Balaban J connectivity index is 1.92. The first-order valence-corrected chi connectivity index (χ1v) is 7.04. The van der Waals surface area contributed by atoms with E-state index in [4.69, 9.17) is 0 Å². The molecular weight excluding hydrogens is 222 g/mol. The lowest BCUT2D eigenvalue weighted by molar-refractivity contribution is -0.108. The van der Waals surface area contributed by atoms with Gasteiger partial charge in [0, 0.05) is 13.0 Å². The zero-order valence-electron chi connectivity index (χ0n) is 11.3. The largest absolute Gasteiger partial charge is 0.303 e. The average molecular weight is 245 g/mol. The van der Waals surface area contributed by atoms with Crippen LogP contribution in [0, 0.1) is 0 Å². The number of hydrogen-bond acceptors (Lipinski definition) is 2.